The van der Waals surface area contributed by atoms with Crippen LogP contribution >= 0.6 is 0 Å². The molecule has 0 aromatic heterocycles. The van der Waals surface area contributed by atoms with Gasteiger partial charge in [-0.1, -0.05) is 0 Å². The molecule has 1 aromatic rings. The van der Waals surface area contributed by atoms with Crippen LogP contribution in [0.15, 0.2) is 12.1 Å². The second-order valence-corrected chi connectivity index (χ2v) is 4.99. The number of cyclic esters (lactones) is 1. The number of fused-ring (bicyclic) bond motifs is 1. The first kappa shape index (κ1) is 14.3. The van der Waals surface area contributed by atoms with E-state index in [1.807, 2.05) is 0 Å². The summed E-state index contributed by atoms with van der Waals surface area (Å²) in [6.07, 6.45) is -1.69. The number of esters is 1. The highest BCUT2D eigenvalue weighted by Crippen LogP contribution is 2.30. The van der Waals surface area contributed by atoms with E-state index < -0.39 is 29.7 Å². The highest BCUT2D eigenvalue weighted by atomic mass is 16.5. The number of hydrogen-bond acceptors (Lipinski definition) is 6. The summed E-state index contributed by atoms with van der Waals surface area (Å²) in [5.74, 6) is -1.69. The van der Waals surface area contributed by atoms with E-state index >= 15 is 0 Å². The number of Topliss-reactive ketones (excluding diaryl/α,β-unsaturated/α-hetero) is 1. The number of carbonyl (C=O) groups is 2. The molecule has 0 spiro atoms. The molecule has 20 heavy (non-hydrogen) atoms. The van der Waals surface area contributed by atoms with Crippen molar-refractivity contribution in [2.75, 3.05) is 0 Å². The summed E-state index contributed by atoms with van der Waals surface area (Å²) < 4.78 is 5.10. The van der Waals surface area contributed by atoms with Gasteiger partial charge in [-0.05, 0) is 18.6 Å². The maximum Gasteiger partial charge on any atom is 0.310 e. The van der Waals surface area contributed by atoms with Crippen molar-refractivity contribution in [2.45, 2.75) is 38.4 Å². The minimum atomic E-state index is -0.954. The monoisotopic (exact) mass is 280 g/mol. The van der Waals surface area contributed by atoms with E-state index in [2.05, 4.69) is 0 Å². The largest absolute Gasteiger partial charge is 0.508 e. The molecule has 0 aliphatic carbocycles. The fourth-order valence-electron chi connectivity index (χ4n) is 2.38. The molecule has 108 valence electrons. The Labute approximate surface area is 115 Å². The molecule has 2 atom stereocenters. The lowest BCUT2D eigenvalue weighted by Gasteiger charge is -2.20. The van der Waals surface area contributed by atoms with Gasteiger partial charge in [0.1, 0.15) is 17.6 Å². The molecule has 1 heterocycles. The van der Waals surface area contributed by atoms with Crippen molar-refractivity contribution in [1.82, 2.24) is 0 Å². The second-order valence-electron chi connectivity index (χ2n) is 4.99. The van der Waals surface area contributed by atoms with Gasteiger partial charge in [0.2, 0.25) is 0 Å². The number of carbonyl (C=O) groups excluding carboxylic acids is 2. The van der Waals surface area contributed by atoms with Gasteiger partial charge in [-0.15, -0.1) is 0 Å². The smallest absolute Gasteiger partial charge is 0.310 e. The Morgan fingerprint density at radius 1 is 1.25 bits per heavy atom. The average molecular weight is 280 g/mol. The third kappa shape index (κ3) is 3.08. The number of rotatable bonds is 0. The van der Waals surface area contributed by atoms with Gasteiger partial charge in [0, 0.05) is 18.9 Å². The van der Waals surface area contributed by atoms with Crippen LogP contribution in [0.25, 0.3) is 0 Å². The fourth-order valence-corrected chi connectivity index (χ4v) is 2.38. The standard InChI is InChI=1S/C14H16O6/c1-7-2-9(15)5-11(17)14-8(4-13(19)20-7)3-10(16)6-12(14)18/h3,6-7,9,15-16,18H,2,4-5H2,1H3/t7?,9-/m1/s1. The van der Waals surface area contributed by atoms with Crippen molar-refractivity contribution >= 4 is 11.8 Å². The highest BCUT2D eigenvalue weighted by molar-refractivity contribution is 6.01. The third-order valence-electron chi connectivity index (χ3n) is 3.16. The van der Waals surface area contributed by atoms with Gasteiger partial charge in [-0.3, -0.25) is 9.59 Å². The number of phenolic OH excluding ortho intramolecular Hbond substituents is 2. The number of phenols is 2. The molecule has 6 heteroatoms. The molecule has 3 N–H and O–H groups in total. The molecular formula is C14H16O6. The molecule has 1 aliphatic heterocycles. The van der Waals surface area contributed by atoms with E-state index in [1.54, 1.807) is 6.92 Å². The predicted molar refractivity (Wildman–Crippen MR) is 68.6 cm³/mol. The Bertz CT molecular complexity index is 551. The molecule has 0 saturated carbocycles. The van der Waals surface area contributed by atoms with Gasteiger partial charge < -0.3 is 20.1 Å². The summed E-state index contributed by atoms with van der Waals surface area (Å²) in [7, 11) is 0. The van der Waals surface area contributed by atoms with Crippen molar-refractivity contribution in [3.63, 3.8) is 0 Å². The summed E-state index contributed by atoms with van der Waals surface area (Å²) in [4.78, 5) is 23.9. The van der Waals surface area contributed by atoms with Crippen LogP contribution in [0.4, 0.5) is 0 Å². The Balaban J connectivity index is 2.47. The number of hydrogen-bond donors (Lipinski definition) is 3. The minimum Gasteiger partial charge on any atom is -0.508 e. The zero-order valence-corrected chi connectivity index (χ0v) is 11.0. The SMILES string of the molecule is CC1C[C@@H](O)CC(=O)c2c(O)cc(O)cc2CC(=O)O1. The van der Waals surface area contributed by atoms with Crippen LogP contribution in [0.5, 0.6) is 11.5 Å². The Morgan fingerprint density at radius 2 is 1.95 bits per heavy atom. The van der Waals surface area contributed by atoms with Crippen LogP contribution in [0, 0.1) is 0 Å². The highest BCUT2D eigenvalue weighted by Gasteiger charge is 2.26. The molecule has 0 fully saturated rings. The Morgan fingerprint density at radius 3 is 2.65 bits per heavy atom. The fraction of sp³-hybridized carbons (Fsp3) is 0.429. The predicted octanol–water partition coefficient (Wildman–Crippen LogP) is 0.909. The van der Waals surface area contributed by atoms with Crippen molar-refractivity contribution in [3.8, 4) is 11.5 Å². The molecule has 0 saturated heterocycles. The number of aliphatic hydroxyl groups excluding tert-OH is 1. The summed E-state index contributed by atoms with van der Waals surface area (Å²) in [5, 5.41) is 29.0. The first-order valence-electron chi connectivity index (χ1n) is 6.32. The van der Waals surface area contributed by atoms with Gasteiger partial charge in [-0.25, -0.2) is 0 Å². The van der Waals surface area contributed by atoms with Crippen LogP contribution in [0.3, 0.4) is 0 Å². The summed E-state index contributed by atoms with van der Waals surface area (Å²) in [6, 6.07) is 2.27. The van der Waals surface area contributed by atoms with E-state index in [9.17, 15) is 24.9 Å². The van der Waals surface area contributed by atoms with E-state index in [1.165, 1.54) is 6.07 Å². The number of aromatic hydroxyl groups is 2. The quantitative estimate of drug-likeness (QED) is 0.610. The van der Waals surface area contributed by atoms with Gasteiger partial charge in [0.25, 0.3) is 0 Å². The maximum absolute atomic E-state index is 12.1. The Hall–Kier alpha value is -2.08. The van der Waals surface area contributed by atoms with Gasteiger partial charge in [-0.2, -0.15) is 0 Å². The summed E-state index contributed by atoms with van der Waals surface area (Å²) in [6.45, 7) is 1.63. The average Bonchev–Trinajstić information content (AvgIpc) is 2.24. The van der Waals surface area contributed by atoms with Gasteiger partial charge >= 0.3 is 5.97 Å². The molecule has 0 bridgehead atoms. The van der Waals surface area contributed by atoms with Crippen molar-refractivity contribution in [1.29, 1.82) is 0 Å². The molecular weight excluding hydrogens is 264 g/mol. The molecule has 0 amide bonds. The van der Waals surface area contributed by atoms with Crippen molar-refractivity contribution < 1.29 is 29.6 Å². The Kier molecular flexibility index (Phi) is 3.94. The summed E-state index contributed by atoms with van der Waals surface area (Å²) in [5.41, 5.74) is 0.146. The maximum atomic E-state index is 12.1. The lowest BCUT2D eigenvalue weighted by atomic mass is 9.94. The molecule has 2 rings (SSSR count). The lowest BCUT2D eigenvalue weighted by Crippen LogP contribution is -2.26. The first-order valence-corrected chi connectivity index (χ1v) is 6.32. The molecule has 1 unspecified atom stereocenters. The number of ether oxygens (including phenoxy) is 1. The van der Waals surface area contributed by atoms with Gasteiger partial charge in [0.05, 0.1) is 18.1 Å². The van der Waals surface area contributed by atoms with Gasteiger partial charge in [0.15, 0.2) is 5.78 Å². The number of benzene rings is 1. The second kappa shape index (κ2) is 5.50. The molecule has 0 radical (unpaired) electrons. The molecule has 1 aromatic carbocycles. The van der Waals surface area contributed by atoms with Crippen molar-refractivity contribution in [2.24, 2.45) is 0 Å². The third-order valence-corrected chi connectivity index (χ3v) is 3.16. The first-order chi connectivity index (χ1) is 9.36. The molecule has 6 nitrogen and oxygen atoms in total. The number of aliphatic hydroxyl groups is 1. The zero-order chi connectivity index (χ0) is 14.9. The van der Waals surface area contributed by atoms with E-state index in [4.69, 9.17) is 4.74 Å². The van der Waals surface area contributed by atoms with Crippen molar-refractivity contribution in [3.05, 3.63) is 23.3 Å². The van der Waals surface area contributed by atoms with Crippen LogP contribution in [-0.2, 0) is 16.0 Å². The van der Waals surface area contributed by atoms with Crippen LogP contribution in [0.2, 0.25) is 0 Å². The zero-order valence-electron chi connectivity index (χ0n) is 11.0. The summed E-state index contributed by atoms with van der Waals surface area (Å²) >= 11 is 0. The van der Waals surface area contributed by atoms with Crippen LogP contribution in [0.1, 0.15) is 35.7 Å². The van der Waals surface area contributed by atoms with E-state index in [0.717, 1.165) is 6.07 Å². The number of ketones is 1. The van der Waals surface area contributed by atoms with E-state index in [-0.39, 0.29) is 36.1 Å². The van der Waals surface area contributed by atoms with Crippen LogP contribution < -0.4 is 0 Å². The normalized spacial score (nSPS) is 23.9. The van der Waals surface area contributed by atoms with E-state index in [0.29, 0.717) is 0 Å². The van der Waals surface area contributed by atoms with Crippen LogP contribution in [-0.4, -0.2) is 39.3 Å². The minimum absolute atomic E-state index is 0.0478. The molecule has 1 aliphatic rings. The topological polar surface area (TPSA) is 104 Å². The lowest BCUT2D eigenvalue weighted by molar-refractivity contribution is -0.148.